The highest BCUT2D eigenvalue weighted by Crippen LogP contribution is 2.28. The quantitative estimate of drug-likeness (QED) is 0.597. The van der Waals surface area contributed by atoms with Gasteiger partial charge in [0, 0.05) is 15.8 Å². The third kappa shape index (κ3) is 5.43. The van der Waals surface area contributed by atoms with Crippen molar-refractivity contribution in [2.24, 2.45) is 0 Å². The van der Waals surface area contributed by atoms with E-state index in [1.54, 1.807) is 41.7 Å². The molecule has 1 N–H and O–H groups in total. The number of amides is 2. The Labute approximate surface area is 183 Å². The van der Waals surface area contributed by atoms with Gasteiger partial charge in [-0.1, -0.05) is 22.7 Å². The third-order valence-electron chi connectivity index (χ3n) is 4.24. The van der Waals surface area contributed by atoms with Crippen molar-refractivity contribution in [3.63, 3.8) is 0 Å². The molecule has 2 heterocycles. The van der Waals surface area contributed by atoms with Crippen LogP contribution in [0.1, 0.15) is 47.7 Å². The molecule has 0 aliphatic rings. The number of nitrogens with one attached hydrogen (secondary N) is 1. The molecular weight excluding hydrogens is 420 g/mol. The van der Waals surface area contributed by atoms with E-state index in [2.05, 4.69) is 14.9 Å². The standard InChI is InChI=1S/C21H24N4O3S2/c1-21(2,3)22-19(26)18(14-7-9-15(28-4)10-8-14)25(12-16-6-5-11-29-16)20(27)17-13-30-24-23-17/h5-11,13,18H,12H2,1-4H3,(H,22,26)/t18-/m0/s1. The Morgan fingerprint density at radius 1 is 1.20 bits per heavy atom. The van der Waals surface area contributed by atoms with Crippen molar-refractivity contribution in [1.82, 2.24) is 19.8 Å². The lowest BCUT2D eigenvalue weighted by atomic mass is 10.0. The molecule has 7 nitrogen and oxygen atoms in total. The zero-order valence-electron chi connectivity index (χ0n) is 17.3. The van der Waals surface area contributed by atoms with Crippen molar-refractivity contribution in [3.8, 4) is 5.75 Å². The lowest BCUT2D eigenvalue weighted by Gasteiger charge is -2.33. The number of hydrogen-bond acceptors (Lipinski definition) is 7. The molecule has 3 aromatic rings. The lowest BCUT2D eigenvalue weighted by Crippen LogP contribution is -2.49. The first-order chi connectivity index (χ1) is 14.3. The van der Waals surface area contributed by atoms with Crippen LogP contribution >= 0.6 is 22.9 Å². The zero-order chi connectivity index (χ0) is 21.7. The second-order valence-electron chi connectivity index (χ2n) is 7.72. The van der Waals surface area contributed by atoms with E-state index in [1.165, 1.54) is 11.3 Å². The molecule has 30 heavy (non-hydrogen) atoms. The maximum Gasteiger partial charge on any atom is 0.276 e. The average Bonchev–Trinajstić information content (AvgIpc) is 3.40. The number of methoxy groups -OCH3 is 1. The average molecular weight is 445 g/mol. The molecule has 0 bridgehead atoms. The number of carbonyl (C=O) groups excluding carboxylic acids is 2. The number of hydrogen-bond donors (Lipinski definition) is 1. The van der Waals surface area contributed by atoms with Crippen LogP contribution in [-0.4, -0.2) is 38.9 Å². The van der Waals surface area contributed by atoms with Crippen LogP contribution < -0.4 is 10.1 Å². The van der Waals surface area contributed by atoms with Gasteiger partial charge in [-0.3, -0.25) is 9.59 Å². The third-order valence-corrected chi connectivity index (χ3v) is 5.60. The summed E-state index contributed by atoms with van der Waals surface area (Å²) >= 11 is 2.63. The molecule has 0 aliphatic carbocycles. The van der Waals surface area contributed by atoms with Crippen LogP contribution in [0.4, 0.5) is 0 Å². The van der Waals surface area contributed by atoms with Crippen molar-refractivity contribution in [1.29, 1.82) is 0 Å². The van der Waals surface area contributed by atoms with E-state index >= 15 is 0 Å². The monoisotopic (exact) mass is 444 g/mol. The van der Waals surface area contributed by atoms with Gasteiger partial charge in [-0.2, -0.15) is 0 Å². The van der Waals surface area contributed by atoms with Gasteiger partial charge in [0.15, 0.2) is 5.69 Å². The highest BCUT2D eigenvalue weighted by Gasteiger charge is 2.35. The molecule has 0 fully saturated rings. The van der Waals surface area contributed by atoms with Gasteiger partial charge in [-0.25, -0.2) is 0 Å². The Morgan fingerprint density at radius 3 is 2.47 bits per heavy atom. The fourth-order valence-corrected chi connectivity index (χ4v) is 4.09. The van der Waals surface area contributed by atoms with Crippen LogP contribution in [0.15, 0.2) is 47.2 Å². The van der Waals surface area contributed by atoms with E-state index < -0.39 is 11.6 Å². The van der Waals surface area contributed by atoms with Crippen molar-refractivity contribution in [2.75, 3.05) is 7.11 Å². The minimum atomic E-state index is -0.841. The predicted molar refractivity (Wildman–Crippen MR) is 118 cm³/mol. The smallest absolute Gasteiger partial charge is 0.276 e. The first-order valence-electron chi connectivity index (χ1n) is 9.35. The highest BCUT2D eigenvalue weighted by atomic mass is 32.1. The molecule has 0 saturated heterocycles. The van der Waals surface area contributed by atoms with Crippen LogP contribution in [0.3, 0.4) is 0 Å². The molecule has 158 valence electrons. The second kappa shape index (κ2) is 9.36. The maximum absolute atomic E-state index is 13.4. The van der Waals surface area contributed by atoms with Gasteiger partial charge in [0.1, 0.15) is 11.8 Å². The number of rotatable bonds is 7. The molecule has 0 radical (unpaired) electrons. The van der Waals surface area contributed by atoms with Gasteiger partial charge in [0.05, 0.1) is 13.7 Å². The van der Waals surface area contributed by atoms with Crippen LogP contribution in [0.5, 0.6) is 5.75 Å². The van der Waals surface area contributed by atoms with Gasteiger partial charge in [-0.05, 0) is 61.4 Å². The van der Waals surface area contributed by atoms with Crippen molar-refractivity contribution in [2.45, 2.75) is 38.9 Å². The van der Waals surface area contributed by atoms with E-state index in [1.807, 2.05) is 38.3 Å². The van der Waals surface area contributed by atoms with Gasteiger partial charge < -0.3 is 15.0 Å². The van der Waals surface area contributed by atoms with E-state index in [-0.39, 0.29) is 24.1 Å². The summed E-state index contributed by atoms with van der Waals surface area (Å²) in [5.74, 6) is 0.0661. The van der Waals surface area contributed by atoms with Crippen molar-refractivity contribution in [3.05, 3.63) is 63.3 Å². The van der Waals surface area contributed by atoms with Crippen LogP contribution in [0.2, 0.25) is 0 Å². The Morgan fingerprint density at radius 2 is 1.93 bits per heavy atom. The Balaban J connectivity index is 2.06. The van der Waals surface area contributed by atoms with Gasteiger partial charge in [-0.15, -0.1) is 16.4 Å². The summed E-state index contributed by atoms with van der Waals surface area (Å²) in [5.41, 5.74) is 0.450. The summed E-state index contributed by atoms with van der Waals surface area (Å²) in [6.07, 6.45) is 0. The molecule has 2 aromatic heterocycles. The van der Waals surface area contributed by atoms with Gasteiger partial charge in [0.2, 0.25) is 5.91 Å². The predicted octanol–water partition coefficient (Wildman–Crippen LogP) is 3.91. The topological polar surface area (TPSA) is 84.4 Å². The van der Waals surface area contributed by atoms with Gasteiger partial charge >= 0.3 is 0 Å². The summed E-state index contributed by atoms with van der Waals surface area (Å²) in [5, 5.41) is 10.5. The summed E-state index contributed by atoms with van der Waals surface area (Å²) < 4.78 is 9.06. The molecule has 1 atom stereocenters. The number of aromatic nitrogens is 2. The molecule has 2 amide bonds. The molecule has 3 rings (SSSR count). The van der Waals surface area contributed by atoms with E-state index in [0.717, 1.165) is 16.4 Å². The van der Waals surface area contributed by atoms with Crippen LogP contribution in [0, 0.1) is 0 Å². The fraction of sp³-hybridized carbons (Fsp3) is 0.333. The minimum Gasteiger partial charge on any atom is -0.497 e. The SMILES string of the molecule is COc1ccc([C@@H](C(=O)NC(C)(C)C)N(Cc2cccs2)C(=O)c2csnn2)cc1. The number of carbonyl (C=O) groups is 2. The molecule has 0 saturated carbocycles. The Bertz CT molecular complexity index is 965. The highest BCUT2D eigenvalue weighted by molar-refractivity contribution is 7.09. The Kier molecular flexibility index (Phi) is 6.84. The number of benzene rings is 1. The first kappa shape index (κ1) is 21.9. The van der Waals surface area contributed by atoms with Gasteiger partial charge in [0.25, 0.3) is 5.91 Å². The summed E-state index contributed by atoms with van der Waals surface area (Å²) in [4.78, 5) is 29.3. The van der Waals surface area contributed by atoms with Crippen LogP contribution in [-0.2, 0) is 11.3 Å². The lowest BCUT2D eigenvalue weighted by molar-refractivity contribution is -0.127. The fourth-order valence-electron chi connectivity index (χ4n) is 2.95. The summed E-state index contributed by atoms with van der Waals surface area (Å²) in [6.45, 7) is 6.01. The number of nitrogens with zero attached hydrogens (tertiary/aromatic N) is 3. The van der Waals surface area contributed by atoms with E-state index in [0.29, 0.717) is 11.3 Å². The molecule has 1 aromatic carbocycles. The minimum absolute atomic E-state index is 0.221. The second-order valence-corrected chi connectivity index (χ2v) is 9.36. The molecule has 0 spiro atoms. The molecule has 9 heteroatoms. The van der Waals surface area contributed by atoms with E-state index in [4.69, 9.17) is 4.74 Å². The number of ether oxygens (including phenoxy) is 1. The van der Waals surface area contributed by atoms with Crippen molar-refractivity contribution < 1.29 is 14.3 Å². The Hall–Kier alpha value is -2.78. The molecular formula is C21H24N4O3S2. The molecule has 0 aliphatic heterocycles. The number of thiophene rings is 1. The van der Waals surface area contributed by atoms with Crippen molar-refractivity contribution >= 4 is 34.7 Å². The first-order valence-corrected chi connectivity index (χ1v) is 11.1. The summed E-state index contributed by atoms with van der Waals surface area (Å²) in [6, 6.07) is 10.2. The van der Waals surface area contributed by atoms with E-state index in [9.17, 15) is 9.59 Å². The summed E-state index contributed by atoms with van der Waals surface area (Å²) in [7, 11) is 1.58. The normalized spacial score (nSPS) is 12.3. The van der Waals surface area contributed by atoms with Crippen LogP contribution in [0.25, 0.3) is 0 Å². The maximum atomic E-state index is 13.4. The zero-order valence-corrected chi connectivity index (χ0v) is 18.9. The molecule has 0 unspecified atom stereocenters. The largest absolute Gasteiger partial charge is 0.497 e.